The summed E-state index contributed by atoms with van der Waals surface area (Å²) < 4.78 is 0. The number of aromatic nitrogens is 2. The molecule has 100 valence electrons. The molecule has 0 aromatic carbocycles. The van der Waals surface area contributed by atoms with Crippen LogP contribution < -0.4 is 5.32 Å². The fraction of sp³-hybridized carbons (Fsp3) is 0.714. The molecule has 1 aromatic rings. The Morgan fingerprint density at radius 2 is 2.33 bits per heavy atom. The second kappa shape index (κ2) is 6.25. The average molecular weight is 248 g/mol. The number of aryl methyl sites for hydroxylation is 1. The van der Waals surface area contributed by atoms with E-state index in [0.29, 0.717) is 12.0 Å². The summed E-state index contributed by atoms with van der Waals surface area (Å²) >= 11 is 0. The molecule has 0 aliphatic carbocycles. The molecule has 1 aliphatic heterocycles. The molecule has 2 heterocycles. The summed E-state index contributed by atoms with van der Waals surface area (Å²) in [6, 6.07) is 2.62. The van der Waals surface area contributed by atoms with E-state index >= 15 is 0 Å². The third-order valence-electron chi connectivity index (χ3n) is 3.54. The van der Waals surface area contributed by atoms with Crippen molar-refractivity contribution < 1.29 is 0 Å². The monoisotopic (exact) mass is 248 g/mol. The average Bonchev–Trinajstić information content (AvgIpc) is 2.55. The highest BCUT2D eigenvalue weighted by atomic mass is 15.2. The van der Waals surface area contributed by atoms with Crippen LogP contribution in [0.15, 0.2) is 12.3 Å². The van der Waals surface area contributed by atoms with E-state index in [1.165, 1.54) is 6.42 Å². The molecule has 4 nitrogen and oxygen atoms in total. The zero-order chi connectivity index (χ0) is 13.0. The lowest BCUT2D eigenvalue weighted by Crippen LogP contribution is -2.41. The van der Waals surface area contributed by atoms with Crippen molar-refractivity contribution in [1.29, 1.82) is 0 Å². The highest BCUT2D eigenvalue weighted by Gasteiger charge is 2.20. The van der Waals surface area contributed by atoms with Crippen LogP contribution in [-0.2, 0) is 6.54 Å². The minimum absolute atomic E-state index is 0.593. The van der Waals surface area contributed by atoms with Gasteiger partial charge in [0.1, 0.15) is 5.82 Å². The van der Waals surface area contributed by atoms with Gasteiger partial charge >= 0.3 is 0 Å². The maximum Gasteiger partial charge on any atom is 0.125 e. The lowest BCUT2D eigenvalue weighted by atomic mass is 10.0. The van der Waals surface area contributed by atoms with Crippen LogP contribution in [0.5, 0.6) is 0 Å². The van der Waals surface area contributed by atoms with E-state index in [0.717, 1.165) is 37.7 Å². The van der Waals surface area contributed by atoms with Gasteiger partial charge in [0, 0.05) is 25.3 Å². The number of nitrogens with one attached hydrogen (secondary N) is 1. The third-order valence-corrected chi connectivity index (χ3v) is 3.54. The number of hydrogen-bond donors (Lipinski definition) is 1. The van der Waals surface area contributed by atoms with Gasteiger partial charge in [0.05, 0.1) is 5.69 Å². The third kappa shape index (κ3) is 3.75. The van der Waals surface area contributed by atoms with Crippen molar-refractivity contribution in [1.82, 2.24) is 20.2 Å². The van der Waals surface area contributed by atoms with Crippen molar-refractivity contribution >= 4 is 0 Å². The van der Waals surface area contributed by atoms with Gasteiger partial charge in [-0.1, -0.05) is 13.8 Å². The second-order valence-electron chi connectivity index (χ2n) is 5.49. The first-order valence-corrected chi connectivity index (χ1v) is 6.89. The Labute approximate surface area is 110 Å². The Balaban J connectivity index is 1.99. The molecule has 0 spiro atoms. The van der Waals surface area contributed by atoms with E-state index in [1.807, 2.05) is 19.2 Å². The molecule has 2 rings (SSSR count). The van der Waals surface area contributed by atoms with Gasteiger partial charge in [0.2, 0.25) is 0 Å². The first-order chi connectivity index (χ1) is 8.65. The lowest BCUT2D eigenvalue weighted by Gasteiger charge is -2.26. The fourth-order valence-corrected chi connectivity index (χ4v) is 2.44. The number of hydrogen-bond acceptors (Lipinski definition) is 4. The quantitative estimate of drug-likeness (QED) is 0.882. The highest BCUT2D eigenvalue weighted by Crippen LogP contribution is 2.11. The van der Waals surface area contributed by atoms with E-state index in [-0.39, 0.29) is 0 Å². The van der Waals surface area contributed by atoms with E-state index in [2.05, 4.69) is 34.0 Å². The molecule has 1 aromatic heterocycles. The Hall–Kier alpha value is -1.00. The van der Waals surface area contributed by atoms with Gasteiger partial charge < -0.3 is 5.32 Å². The summed E-state index contributed by atoms with van der Waals surface area (Å²) in [7, 11) is 0. The molecule has 1 fully saturated rings. The van der Waals surface area contributed by atoms with Gasteiger partial charge in [-0.25, -0.2) is 9.97 Å². The van der Waals surface area contributed by atoms with E-state index < -0.39 is 0 Å². The Kier molecular flexibility index (Phi) is 4.66. The summed E-state index contributed by atoms with van der Waals surface area (Å²) in [4.78, 5) is 11.2. The normalized spacial score (nSPS) is 22.1. The van der Waals surface area contributed by atoms with Crippen LogP contribution in [0.4, 0.5) is 0 Å². The molecule has 0 amide bonds. The Bertz CT molecular complexity index is 378. The van der Waals surface area contributed by atoms with Crippen LogP contribution in [0.25, 0.3) is 0 Å². The van der Waals surface area contributed by atoms with Crippen LogP contribution in [-0.4, -0.2) is 40.5 Å². The van der Waals surface area contributed by atoms with Crippen molar-refractivity contribution in [2.45, 2.75) is 39.8 Å². The van der Waals surface area contributed by atoms with Gasteiger partial charge in [0.15, 0.2) is 0 Å². The zero-order valence-corrected chi connectivity index (χ0v) is 11.7. The summed E-state index contributed by atoms with van der Waals surface area (Å²) in [5, 5.41) is 3.63. The van der Waals surface area contributed by atoms with Crippen LogP contribution in [0.2, 0.25) is 0 Å². The van der Waals surface area contributed by atoms with Crippen molar-refractivity contribution in [3.8, 4) is 0 Å². The Morgan fingerprint density at radius 3 is 3.06 bits per heavy atom. The van der Waals surface area contributed by atoms with Gasteiger partial charge in [-0.15, -0.1) is 0 Å². The maximum atomic E-state index is 4.49. The Morgan fingerprint density at radius 1 is 1.50 bits per heavy atom. The predicted molar refractivity (Wildman–Crippen MR) is 73.3 cm³/mol. The van der Waals surface area contributed by atoms with Crippen LogP contribution in [0, 0.1) is 12.8 Å². The molecule has 0 bridgehead atoms. The first kappa shape index (κ1) is 13.4. The molecule has 1 saturated heterocycles. The maximum absolute atomic E-state index is 4.49. The SMILES string of the molecule is Cc1nccc(CN2CCCNC(C(C)C)C2)n1. The molecular formula is C14H24N4. The minimum Gasteiger partial charge on any atom is -0.312 e. The standard InChI is InChI=1S/C14H24N4/c1-11(2)14-10-18(8-4-6-16-14)9-13-5-7-15-12(3)17-13/h5,7,11,14,16H,4,6,8-10H2,1-3H3. The summed E-state index contributed by atoms with van der Waals surface area (Å²) in [5.41, 5.74) is 1.13. The van der Waals surface area contributed by atoms with Crippen LogP contribution in [0.3, 0.4) is 0 Å². The largest absolute Gasteiger partial charge is 0.312 e. The topological polar surface area (TPSA) is 41.1 Å². The highest BCUT2D eigenvalue weighted by molar-refractivity contribution is 5.01. The second-order valence-corrected chi connectivity index (χ2v) is 5.49. The van der Waals surface area contributed by atoms with E-state index in [4.69, 9.17) is 0 Å². The van der Waals surface area contributed by atoms with Crippen LogP contribution >= 0.6 is 0 Å². The molecule has 0 saturated carbocycles. The summed E-state index contributed by atoms with van der Waals surface area (Å²) in [5.74, 6) is 1.54. The van der Waals surface area contributed by atoms with Crippen LogP contribution in [0.1, 0.15) is 31.8 Å². The van der Waals surface area contributed by atoms with Gasteiger partial charge in [-0.05, 0) is 38.4 Å². The fourth-order valence-electron chi connectivity index (χ4n) is 2.44. The molecule has 0 radical (unpaired) electrons. The summed E-state index contributed by atoms with van der Waals surface area (Å²) in [6.45, 7) is 10.9. The van der Waals surface area contributed by atoms with E-state index in [9.17, 15) is 0 Å². The van der Waals surface area contributed by atoms with E-state index in [1.54, 1.807) is 0 Å². The minimum atomic E-state index is 0.593. The lowest BCUT2D eigenvalue weighted by molar-refractivity contribution is 0.236. The summed E-state index contributed by atoms with van der Waals surface area (Å²) in [6.07, 6.45) is 3.07. The van der Waals surface area contributed by atoms with Crippen molar-refractivity contribution in [2.75, 3.05) is 19.6 Å². The van der Waals surface area contributed by atoms with Gasteiger partial charge in [-0.2, -0.15) is 0 Å². The smallest absolute Gasteiger partial charge is 0.125 e. The molecule has 1 unspecified atom stereocenters. The molecule has 1 aliphatic rings. The molecule has 4 heteroatoms. The zero-order valence-electron chi connectivity index (χ0n) is 11.7. The molecule has 18 heavy (non-hydrogen) atoms. The van der Waals surface area contributed by atoms with Crippen molar-refractivity contribution in [2.24, 2.45) is 5.92 Å². The predicted octanol–water partition coefficient (Wildman–Crippen LogP) is 1.60. The number of nitrogens with zero attached hydrogens (tertiary/aromatic N) is 3. The molecule has 1 N–H and O–H groups in total. The number of rotatable bonds is 3. The van der Waals surface area contributed by atoms with Gasteiger partial charge in [-0.3, -0.25) is 4.90 Å². The van der Waals surface area contributed by atoms with Crippen molar-refractivity contribution in [3.63, 3.8) is 0 Å². The van der Waals surface area contributed by atoms with Crippen molar-refractivity contribution in [3.05, 3.63) is 23.8 Å². The van der Waals surface area contributed by atoms with Gasteiger partial charge in [0.25, 0.3) is 0 Å². The molecular weight excluding hydrogens is 224 g/mol. The first-order valence-electron chi connectivity index (χ1n) is 6.89. The molecule has 1 atom stereocenters.